The Bertz CT molecular complexity index is 1220. The van der Waals surface area contributed by atoms with Crippen LogP contribution in [0.15, 0.2) is 63.9 Å². The monoisotopic (exact) mass is 388 g/mol. The van der Waals surface area contributed by atoms with E-state index in [4.69, 9.17) is 39.8 Å². The lowest BCUT2D eigenvalue weighted by molar-refractivity contribution is 0.563. The van der Waals surface area contributed by atoms with E-state index < -0.39 is 5.63 Å². The number of aromatic nitrogens is 2. The largest absolute Gasteiger partial charge is 0.422 e. The molecule has 0 aliphatic carbocycles. The van der Waals surface area contributed by atoms with Crippen molar-refractivity contribution < 1.29 is 4.42 Å². The molecule has 4 nitrogen and oxygen atoms in total. The van der Waals surface area contributed by atoms with E-state index in [1.165, 1.54) is 0 Å². The second-order valence-corrected chi connectivity index (χ2v) is 6.63. The molecular weight excluding hydrogens is 379 g/mol. The standard InChI is InChI=1S/C18H10Cl2N2O2S/c19-13-6-5-11(8-14(13)20)22-9-15(21-18(22)25)12-7-10-3-1-2-4-16(10)24-17(12)23/h1-9H,(H,21,25). The lowest BCUT2D eigenvalue weighted by Gasteiger charge is -2.03. The maximum Gasteiger partial charge on any atom is 0.345 e. The number of nitrogens with zero attached hydrogens (tertiary/aromatic N) is 1. The molecule has 0 radical (unpaired) electrons. The highest BCUT2D eigenvalue weighted by Gasteiger charge is 2.12. The third-order valence-corrected chi connectivity index (χ3v) is 4.87. The Morgan fingerprint density at radius 1 is 1.04 bits per heavy atom. The molecule has 4 rings (SSSR count). The molecule has 0 aliphatic rings. The molecule has 0 spiro atoms. The number of aromatic amines is 1. The van der Waals surface area contributed by atoms with Gasteiger partial charge in [0.05, 0.1) is 21.3 Å². The fourth-order valence-corrected chi connectivity index (χ4v) is 3.17. The van der Waals surface area contributed by atoms with Crippen molar-refractivity contribution in [2.75, 3.05) is 0 Å². The second-order valence-electron chi connectivity index (χ2n) is 5.43. The first kappa shape index (κ1) is 16.1. The van der Waals surface area contributed by atoms with Crippen LogP contribution in [0.4, 0.5) is 0 Å². The highest BCUT2D eigenvalue weighted by Crippen LogP contribution is 2.26. The van der Waals surface area contributed by atoms with Crippen LogP contribution < -0.4 is 5.63 Å². The number of H-pyrrole nitrogens is 1. The topological polar surface area (TPSA) is 50.9 Å². The van der Waals surface area contributed by atoms with Gasteiger partial charge in [-0.05, 0) is 42.5 Å². The predicted octanol–water partition coefficient (Wildman–Crippen LogP) is 5.62. The van der Waals surface area contributed by atoms with Crippen LogP contribution in [0.1, 0.15) is 0 Å². The molecule has 2 aromatic heterocycles. The molecule has 0 amide bonds. The van der Waals surface area contributed by atoms with E-state index in [2.05, 4.69) is 4.98 Å². The molecular formula is C18H10Cl2N2O2S. The van der Waals surface area contributed by atoms with Gasteiger partial charge in [0.15, 0.2) is 4.77 Å². The number of imidazole rings is 1. The molecule has 124 valence electrons. The molecule has 4 aromatic rings. The summed E-state index contributed by atoms with van der Waals surface area (Å²) in [6, 6.07) is 14.3. The van der Waals surface area contributed by atoms with Gasteiger partial charge in [-0.15, -0.1) is 0 Å². The van der Waals surface area contributed by atoms with E-state index in [0.717, 1.165) is 11.1 Å². The summed E-state index contributed by atoms with van der Waals surface area (Å²) in [5, 5.41) is 1.72. The number of hydrogen-bond acceptors (Lipinski definition) is 3. The average Bonchev–Trinajstić information content (AvgIpc) is 2.98. The summed E-state index contributed by atoms with van der Waals surface area (Å²) in [7, 11) is 0. The molecule has 25 heavy (non-hydrogen) atoms. The van der Waals surface area contributed by atoms with Crippen molar-refractivity contribution in [2.45, 2.75) is 0 Å². The Kier molecular flexibility index (Phi) is 4.00. The van der Waals surface area contributed by atoms with Gasteiger partial charge < -0.3 is 9.40 Å². The van der Waals surface area contributed by atoms with Crippen molar-refractivity contribution in [3.63, 3.8) is 0 Å². The fourth-order valence-electron chi connectivity index (χ4n) is 2.61. The van der Waals surface area contributed by atoms with Crippen LogP contribution >= 0.6 is 35.4 Å². The van der Waals surface area contributed by atoms with Gasteiger partial charge in [0.1, 0.15) is 5.58 Å². The zero-order valence-corrected chi connectivity index (χ0v) is 15.0. The van der Waals surface area contributed by atoms with Crippen molar-refractivity contribution in [3.8, 4) is 16.9 Å². The summed E-state index contributed by atoms with van der Waals surface area (Å²) in [6.07, 6.45) is 1.74. The Morgan fingerprint density at radius 3 is 2.64 bits per heavy atom. The highest BCUT2D eigenvalue weighted by molar-refractivity contribution is 7.71. The predicted molar refractivity (Wildman–Crippen MR) is 102 cm³/mol. The van der Waals surface area contributed by atoms with Gasteiger partial charge in [0.25, 0.3) is 0 Å². The number of rotatable bonds is 2. The number of nitrogens with one attached hydrogen (secondary N) is 1. The summed E-state index contributed by atoms with van der Waals surface area (Å²) in [5.41, 5.74) is 1.82. The minimum atomic E-state index is -0.434. The summed E-state index contributed by atoms with van der Waals surface area (Å²) in [4.78, 5) is 15.4. The van der Waals surface area contributed by atoms with Gasteiger partial charge in [-0.3, -0.25) is 4.57 Å². The summed E-state index contributed by atoms with van der Waals surface area (Å²) < 4.78 is 7.53. The number of fused-ring (bicyclic) bond motifs is 1. The van der Waals surface area contributed by atoms with Gasteiger partial charge in [-0.25, -0.2) is 4.79 Å². The van der Waals surface area contributed by atoms with Crippen LogP contribution in [-0.2, 0) is 0 Å². The van der Waals surface area contributed by atoms with Crippen LogP contribution in [0.2, 0.25) is 10.0 Å². The van der Waals surface area contributed by atoms with Crippen molar-refractivity contribution in [3.05, 3.63) is 80.0 Å². The first-order valence-electron chi connectivity index (χ1n) is 7.33. The van der Waals surface area contributed by atoms with E-state index in [0.29, 0.717) is 31.7 Å². The van der Waals surface area contributed by atoms with E-state index in [-0.39, 0.29) is 0 Å². The highest BCUT2D eigenvalue weighted by atomic mass is 35.5. The van der Waals surface area contributed by atoms with E-state index in [9.17, 15) is 4.79 Å². The molecule has 0 saturated carbocycles. The third kappa shape index (κ3) is 2.91. The molecule has 7 heteroatoms. The van der Waals surface area contributed by atoms with Gasteiger partial charge >= 0.3 is 5.63 Å². The Morgan fingerprint density at radius 2 is 1.84 bits per heavy atom. The van der Waals surface area contributed by atoms with Crippen LogP contribution in [0.3, 0.4) is 0 Å². The number of benzene rings is 2. The van der Waals surface area contributed by atoms with Crippen molar-refractivity contribution in [1.29, 1.82) is 0 Å². The molecule has 0 unspecified atom stereocenters. The van der Waals surface area contributed by atoms with Gasteiger partial charge in [0, 0.05) is 17.3 Å². The van der Waals surface area contributed by atoms with E-state index in [1.54, 1.807) is 41.1 Å². The SMILES string of the molecule is O=c1oc2ccccc2cc1-c1cn(-c2ccc(Cl)c(Cl)c2)c(=S)[nH]1. The minimum Gasteiger partial charge on any atom is -0.422 e. The quantitative estimate of drug-likeness (QED) is 0.358. The van der Waals surface area contributed by atoms with E-state index in [1.807, 2.05) is 18.2 Å². The van der Waals surface area contributed by atoms with Crippen LogP contribution in [0.25, 0.3) is 27.9 Å². The molecule has 0 saturated heterocycles. The Balaban J connectivity index is 1.88. The van der Waals surface area contributed by atoms with E-state index >= 15 is 0 Å². The van der Waals surface area contributed by atoms with Crippen molar-refractivity contribution in [1.82, 2.24) is 9.55 Å². The third-order valence-electron chi connectivity index (χ3n) is 3.83. The van der Waals surface area contributed by atoms with Crippen LogP contribution in [-0.4, -0.2) is 9.55 Å². The summed E-state index contributed by atoms with van der Waals surface area (Å²) in [5.74, 6) is 0. The maximum absolute atomic E-state index is 12.3. The lowest BCUT2D eigenvalue weighted by Crippen LogP contribution is -2.02. The molecule has 2 heterocycles. The van der Waals surface area contributed by atoms with Gasteiger partial charge in [-0.1, -0.05) is 41.4 Å². The van der Waals surface area contributed by atoms with Crippen molar-refractivity contribution >= 4 is 46.4 Å². The zero-order chi connectivity index (χ0) is 17.6. The normalized spacial score (nSPS) is 11.1. The number of hydrogen-bond donors (Lipinski definition) is 1. The second kappa shape index (κ2) is 6.19. The summed E-state index contributed by atoms with van der Waals surface area (Å²) >= 11 is 17.4. The van der Waals surface area contributed by atoms with Crippen LogP contribution in [0, 0.1) is 4.77 Å². The smallest absolute Gasteiger partial charge is 0.345 e. The molecule has 1 N–H and O–H groups in total. The van der Waals surface area contributed by atoms with Crippen LogP contribution in [0.5, 0.6) is 0 Å². The first-order valence-corrected chi connectivity index (χ1v) is 8.50. The first-order chi connectivity index (χ1) is 12.0. The van der Waals surface area contributed by atoms with Gasteiger partial charge in [-0.2, -0.15) is 0 Å². The molecule has 0 atom stereocenters. The Labute approximate surface area is 157 Å². The average molecular weight is 389 g/mol. The number of halogens is 2. The molecule has 0 bridgehead atoms. The molecule has 0 aliphatic heterocycles. The molecule has 0 fully saturated rings. The Hall–Kier alpha value is -2.34. The summed E-state index contributed by atoms with van der Waals surface area (Å²) in [6.45, 7) is 0. The molecule has 2 aromatic carbocycles. The number of para-hydroxylation sites is 1. The lowest BCUT2D eigenvalue weighted by atomic mass is 10.1. The fraction of sp³-hybridized carbons (Fsp3) is 0. The van der Waals surface area contributed by atoms with Crippen molar-refractivity contribution in [2.24, 2.45) is 0 Å². The zero-order valence-electron chi connectivity index (χ0n) is 12.6. The maximum atomic E-state index is 12.3. The minimum absolute atomic E-state index is 0.406. The van der Waals surface area contributed by atoms with Gasteiger partial charge in [0.2, 0.25) is 0 Å².